The third-order valence-corrected chi connectivity index (χ3v) is 4.18. The summed E-state index contributed by atoms with van der Waals surface area (Å²) in [6.45, 7) is 2.05. The molecule has 114 valence electrons. The van der Waals surface area contributed by atoms with Crippen LogP contribution in [0.5, 0.6) is 17.2 Å². The zero-order chi connectivity index (χ0) is 15.7. The molecule has 0 fully saturated rings. The van der Waals surface area contributed by atoms with E-state index >= 15 is 0 Å². The standard InChI is InChI=1S/C18H18O4/c1-3-14-15-9-6-12(19)10-16(15)22-18(20)17(14)11-4-7-13(21-2)8-5-11/h4-10,14,17,19H,3H2,1-2H3. The number of hydrogen-bond acceptors (Lipinski definition) is 4. The van der Waals surface area contributed by atoms with Crippen molar-refractivity contribution in [2.24, 2.45) is 0 Å². The smallest absolute Gasteiger partial charge is 0.319 e. The second-order valence-electron chi connectivity index (χ2n) is 5.41. The van der Waals surface area contributed by atoms with E-state index in [1.54, 1.807) is 13.2 Å². The van der Waals surface area contributed by atoms with Gasteiger partial charge in [-0.2, -0.15) is 0 Å². The van der Waals surface area contributed by atoms with Gasteiger partial charge in [0.15, 0.2) is 0 Å². The second-order valence-corrected chi connectivity index (χ2v) is 5.41. The van der Waals surface area contributed by atoms with Crippen LogP contribution in [0.3, 0.4) is 0 Å². The maximum atomic E-state index is 12.5. The molecular weight excluding hydrogens is 280 g/mol. The molecule has 1 heterocycles. The van der Waals surface area contributed by atoms with Gasteiger partial charge < -0.3 is 14.6 Å². The summed E-state index contributed by atoms with van der Waals surface area (Å²) in [5, 5.41) is 9.57. The van der Waals surface area contributed by atoms with E-state index in [1.165, 1.54) is 6.07 Å². The molecule has 0 aliphatic carbocycles. The summed E-state index contributed by atoms with van der Waals surface area (Å²) in [6, 6.07) is 12.5. The highest BCUT2D eigenvalue weighted by Crippen LogP contribution is 2.45. The van der Waals surface area contributed by atoms with E-state index in [1.807, 2.05) is 30.3 Å². The lowest BCUT2D eigenvalue weighted by molar-refractivity contribution is -0.138. The molecule has 3 rings (SSSR count). The van der Waals surface area contributed by atoms with Crippen LogP contribution in [0.4, 0.5) is 0 Å². The largest absolute Gasteiger partial charge is 0.508 e. The van der Waals surface area contributed by atoms with Crippen molar-refractivity contribution in [3.05, 3.63) is 53.6 Å². The van der Waals surface area contributed by atoms with Crippen LogP contribution in [0.1, 0.15) is 36.3 Å². The van der Waals surface area contributed by atoms with Gasteiger partial charge in [0.25, 0.3) is 0 Å². The molecule has 0 saturated carbocycles. The molecule has 1 aliphatic rings. The summed E-state index contributed by atoms with van der Waals surface area (Å²) in [7, 11) is 1.61. The Balaban J connectivity index is 2.03. The molecule has 2 aromatic rings. The highest BCUT2D eigenvalue weighted by atomic mass is 16.5. The van der Waals surface area contributed by atoms with Crippen molar-refractivity contribution in [1.82, 2.24) is 0 Å². The normalized spacial score (nSPS) is 20.2. The second kappa shape index (κ2) is 5.72. The zero-order valence-corrected chi connectivity index (χ0v) is 12.6. The number of benzene rings is 2. The molecule has 2 aromatic carbocycles. The zero-order valence-electron chi connectivity index (χ0n) is 12.6. The van der Waals surface area contributed by atoms with E-state index < -0.39 is 0 Å². The predicted molar refractivity (Wildman–Crippen MR) is 82.5 cm³/mol. The van der Waals surface area contributed by atoms with Gasteiger partial charge in [0.05, 0.1) is 13.0 Å². The molecule has 1 aliphatic heterocycles. The number of esters is 1. The number of phenols is 1. The molecule has 22 heavy (non-hydrogen) atoms. The quantitative estimate of drug-likeness (QED) is 0.695. The van der Waals surface area contributed by atoms with Crippen LogP contribution in [-0.4, -0.2) is 18.2 Å². The van der Waals surface area contributed by atoms with Gasteiger partial charge in [-0.05, 0) is 35.7 Å². The molecule has 4 nitrogen and oxygen atoms in total. The summed E-state index contributed by atoms with van der Waals surface area (Å²) in [5.41, 5.74) is 1.87. The van der Waals surface area contributed by atoms with Gasteiger partial charge in [0.1, 0.15) is 17.2 Å². The minimum absolute atomic E-state index is 0.0326. The first-order valence-corrected chi connectivity index (χ1v) is 7.32. The first kappa shape index (κ1) is 14.4. The van der Waals surface area contributed by atoms with Crippen molar-refractivity contribution < 1.29 is 19.4 Å². The van der Waals surface area contributed by atoms with Crippen molar-refractivity contribution in [2.75, 3.05) is 7.11 Å². The SMILES string of the molecule is CCC1c2ccc(O)cc2OC(=O)C1c1ccc(OC)cc1. The number of fused-ring (bicyclic) bond motifs is 1. The van der Waals surface area contributed by atoms with Crippen molar-refractivity contribution in [2.45, 2.75) is 25.2 Å². The molecule has 0 bridgehead atoms. The molecule has 2 atom stereocenters. The number of rotatable bonds is 3. The van der Waals surface area contributed by atoms with Gasteiger partial charge in [-0.3, -0.25) is 4.79 Å². The molecule has 1 N–H and O–H groups in total. The van der Waals surface area contributed by atoms with E-state index in [9.17, 15) is 9.90 Å². The van der Waals surface area contributed by atoms with Crippen molar-refractivity contribution in [3.63, 3.8) is 0 Å². The van der Waals surface area contributed by atoms with Crippen LogP contribution in [0, 0.1) is 0 Å². The van der Waals surface area contributed by atoms with Crippen LogP contribution >= 0.6 is 0 Å². The van der Waals surface area contributed by atoms with Gasteiger partial charge in [-0.1, -0.05) is 25.1 Å². The third-order valence-electron chi connectivity index (χ3n) is 4.18. The van der Waals surface area contributed by atoms with Crippen molar-refractivity contribution >= 4 is 5.97 Å². The van der Waals surface area contributed by atoms with E-state index in [0.717, 1.165) is 23.3 Å². The lowest BCUT2D eigenvalue weighted by atomic mass is 9.78. The molecule has 4 heteroatoms. The third kappa shape index (κ3) is 2.41. The number of carbonyl (C=O) groups is 1. The highest BCUT2D eigenvalue weighted by molar-refractivity contribution is 5.84. The minimum Gasteiger partial charge on any atom is -0.508 e. The predicted octanol–water partition coefficient (Wildman–Crippen LogP) is 3.60. The van der Waals surface area contributed by atoms with Crippen LogP contribution in [0.25, 0.3) is 0 Å². The molecule has 0 radical (unpaired) electrons. The van der Waals surface area contributed by atoms with Crippen LogP contribution in [0.2, 0.25) is 0 Å². The van der Waals surface area contributed by atoms with Crippen LogP contribution in [0.15, 0.2) is 42.5 Å². The van der Waals surface area contributed by atoms with Crippen LogP contribution < -0.4 is 9.47 Å². The summed E-state index contributed by atoms with van der Waals surface area (Å²) in [4.78, 5) is 12.5. The average Bonchev–Trinajstić information content (AvgIpc) is 2.53. The van der Waals surface area contributed by atoms with Crippen molar-refractivity contribution in [1.29, 1.82) is 0 Å². The number of carbonyl (C=O) groups excluding carboxylic acids is 1. The maximum Gasteiger partial charge on any atom is 0.319 e. The fourth-order valence-corrected chi connectivity index (χ4v) is 3.07. The Morgan fingerprint density at radius 2 is 1.91 bits per heavy atom. The molecule has 0 aromatic heterocycles. The van der Waals surface area contributed by atoms with Crippen molar-refractivity contribution in [3.8, 4) is 17.2 Å². The van der Waals surface area contributed by atoms with E-state index in [4.69, 9.17) is 9.47 Å². The Morgan fingerprint density at radius 3 is 2.55 bits per heavy atom. The summed E-state index contributed by atoms with van der Waals surface area (Å²) < 4.78 is 10.6. The monoisotopic (exact) mass is 298 g/mol. The Hall–Kier alpha value is -2.49. The molecule has 2 unspecified atom stereocenters. The number of phenolic OH excluding ortho intramolecular Hbond substituents is 1. The Bertz CT molecular complexity index is 691. The molecule has 0 spiro atoms. The lowest BCUT2D eigenvalue weighted by Crippen LogP contribution is -2.29. The fourth-order valence-electron chi connectivity index (χ4n) is 3.07. The lowest BCUT2D eigenvalue weighted by Gasteiger charge is -2.31. The fraction of sp³-hybridized carbons (Fsp3) is 0.278. The van der Waals surface area contributed by atoms with Gasteiger partial charge in [0, 0.05) is 12.0 Å². The first-order valence-electron chi connectivity index (χ1n) is 7.32. The van der Waals surface area contributed by atoms with E-state index in [2.05, 4.69) is 6.92 Å². The Labute approximate surface area is 129 Å². The highest BCUT2D eigenvalue weighted by Gasteiger charge is 2.37. The van der Waals surface area contributed by atoms with Gasteiger partial charge in [-0.25, -0.2) is 0 Å². The Kier molecular flexibility index (Phi) is 3.75. The van der Waals surface area contributed by atoms with Gasteiger partial charge >= 0.3 is 5.97 Å². The summed E-state index contributed by atoms with van der Waals surface area (Å²) >= 11 is 0. The number of methoxy groups -OCH3 is 1. The minimum atomic E-state index is -0.340. The maximum absolute atomic E-state index is 12.5. The number of aromatic hydroxyl groups is 1. The summed E-state index contributed by atoms with van der Waals surface area (Å²) in [5.74, 6) is 0.727. The average molecular weight is 298 g/mol. The van der Waals surface area contributed by atoms with E-state index in [0.29, 0.717) is 5.75 Å². The molecule has 0 saturated heterocycles. The first-order chi connectivity index (χ1) is 10.6. The summed E-state index contributed by atoms with van der Waals surface area (Å²) in [6.07, 6.45) is 0.809. The topological polar surface area (TPSA) is 55.8 Å². The number of hydrogen-bond donors (Lipinski definition) is 1. The van der Waals surface area contributed by atoms with Crippen LogP contribution in [-0.2, 0) is 4.79 Å². The molecular formula is C18H18O4. The van der Waals surface area contributed by atoms with Gasteiger partial charge in [-0.15, -0.1) is 0 Å². The number of ether oxygens (including phenoxy) is 2. The van der Waals surface area contributed by atoms with Gasteiger partial charge in [0.2, 0.25) is 0 Å². The Morgan fingerprint density at radius 1 is 1.18 bits per heavy atom. The van der Waals surface area contributed by atoms with E-state index in [-0.39, 0.29) is 23.6 Å². The molecule has 0 amide bonds.